The highest BCUT2D eigenvalue weighted by atomic mass is 16.5. The van der Waals surface area contributed by atoms with E-state index >= 15 is 0 Å². The van der Waals surface area contributed by atoms with Crippen LogP contribution in [0.25, 0.3) is 0 Å². The van der Waals surface area contributed by atoms with Gasteiger partial charge in [-0.3, -0.25) is 0 Å². The van der Waals surface area contributed by atoms with Crippen molar-refractivity contribution >= 4 is 0 Å². The fraction of sp³-hybridized carbons (Fsp3) is 0.357. The Labute approximate surface area is 112 Å². The summed E-state index contributed by atoms with van der Waals surface area (Å²) in [5.41, 5.74) is 1.03. The zero-order valence-electron chi connectivity index (χ0n) is 11.1. The van der Waals surface area contributed by atoms with Gasteiger partial charge in [0.1, 0.15) is 5.76 Å². The lowest BCUT2D eigenvalue weighted by Gasteiger charge is -2.08. The largest absolute Gasteiger partial charge is 0.504 e. The summed E-state index contributed by atoms with van der Waals surface area (Å²) < 4.78 is 10.7. The Bertz CT molecular complexity index is 537. The van der Waals surface area contributed by atoms with E-state index in [1.807, 2.05) is 26.0 Å². The summed E-state index contributed by atoms with van der Waals surface area (Å²) >= 11 is 0. The SMILES string of the molecule is CCOc1cc(CNCc2ncc(C)o2)ccc1O. The Hall–Kier alpha value is -2.01. The van der Waals surface area contributed by atoms with Crippen molar-refractivity contribution in [3.8, 4) is 11.5 Å². The first-order valence-corrected chi connectivity index (χ1v) is 6.25. The maximum Gasteiger partial charge on any atom is 0.208 e. The Kier molecular flexibility index (Phi) is 4.41. The van der Waals surface area contributed by atoms with Gasteiger partial charge in [-0.25, -0.2) is 4.98 Å². The highest BCUT2D eigenvalue weighted by Crippen LogP contribution is 2.26. The normalized spacial score (nSPS) is 10.6. The third-order valence-electron chi connectivity index (χ3n) is 2.60. The molecule has 1 aromatic heterocycles. The van der Waals surface area contributed by atoms with Crippen LogP contribution in [0.3, 0.4) is 0 Å². The van der Waals surface area contributed by atoms with E-state index in [0.29, 0.717) is 31.3 Å². The van der Waals surface area contributed by atoms with Crippen LogP contribution in [-0.4, -0.2) is 16.7 Å². The minimum Gasteiger partial charge on any atom is -0.504 e. The lowest BCUT2D eigenvalue weighted by molar-refractivity contribution is 0.317. The fourth-order valence-corrected chi connectivity index (χ4v) is 1.74. The number of aromatic hydroxyl groups is 1. The lowest BCUT2D eigenvalue weighted by atomic mass is 10.2. The Balaban J connectivity index is 1.90. The molecule has 102 valence electrons. The summed E-state index contributed by atoms with van der Waals surface area (Å²) in [5, 5.41) is 12.8. The van der Waals surface area contributed by atoms with Gasteiger partial charge in [-0.1, -0.05) is 6.07 Å². The first-order valence-electron chi connectivity index (χ1n) is 6.25. The second kappa shape index (κ2) is 6.24. The molecule has 0 saturated carbocycles. The smallest absolute Gasteiger partial charge is 0.208 e. The van der Waals surface area contributed by atoms with Crippen LogP contribution in [0, 0.1) is 6.92 Å². The van der Waals surface area contributed by atoms with E-state index in [1.54, 1.807) is 12.3 Å². The minimum absolute atomic E-state index is 0.161. The highest BCUT2D eigenvalue weighted by molar-refractivity contribution is 5.41. The molecule has 1 heterocycles. The predicted octanol–water partition coefficient (Wildman–Crippen LogP) is 2.38. The molecule has 0 amide bonds. The Morgan fingerprint density at radius 1 is 1.37 bits per heavy atom. The summed E-state index contributed by atoms with van der Waals surface area (Å²) in [4.78, 5) is 4.11. The molecule has 0 aliphatic rings. The third-order valence-corrected chi connectivity index (χ3v) is 2.60. The van der Waals surface area contributed by atoms with E-state index in [9.17, 15) is 5.11 Å². The molecule has 0 bridgehead atoms. The van der Waals surface area contributed by atoms with Gasteiger partial charge in [-0.15, -0.1) is 0 Å². The number of nitrogens with one attached hydrogen (secondary N) is 1. The number of aromatic nitrogens is 1. The molecule has 0 saturated heterocycles. The average Bonchev–Trinajstić information content (AvgIpc) is 2.79. The van der Waals surface area contributed by atoms with Crippen LogP contribution in [0.5, 0.6) is 11.5 Å². The standard InChI is InChI=1S/C14H18N2O3/c1-3-18-13-6-11(4-5-12(13)17)8-15-9-14-16-7-10(2)19-14/h4-7,15,17H,3,8-9H2,1-2H3. The molecule has 0 radical (unpaired) electrons. The number of rotatable bonds is 6. The van der Waals surface area contributed by atoms with E-state index in [2.05, 4.69) is 10.3 Å². The van der Waals surface area contributed by atoms with E-state index in [0.717, 1.165) is 11.3 Å². The zero-order valence-corrected chi connectivity index (χ0v) is 11.1. The quantitative estimate of drug-likeness (QED) is 0.836. The van der Waals surface area contributed by atoms with Crippen LogP contribution < -0.4 is 10.1 Å². The highest BCUT2D eigenvalue weighted by Gasteiger charge is 2.04. The minimum atomic E-state index is 0.161. The van der Waals surface area contributed by atoms with Gasteiger partial charge in [0.15, 0.2) is 11.5 Å². The Morgan fingerprint density at radius 2 is 2.21 bits per heavy atom. The second-order valence-corrected chi connectivity index (χ2v) is 4.20. The molecule has 0 aliphatic heterocycles. The van der Waals surface area contributed by atoms with Gasteiger partial charge in [-0.2, -0.15) is 0 Å². The van der Waals surface area contributed by atoms with Gasteiger partial charge in [0.05, 0.1) is 19.3 Å². The number of phenolic OH excluding ortho intramolecular Hbond substituents is 1. The molecule has 0 spiro atoms. The molecule has 2 aromatic rings. The molecule has 5 heteroatoms. The molecular weight excluding hydrogens is 244 g/mol. The molecule has 0 unspecified atom stereocenters. The van der Waals surface area contributed by atoms with E-state index < -0.39 is 0 Å². The van der Waals surface area contributed by atoms with Crippen molar-refractivity contribution in [1.29, 1.82) is 0 Å². The van der Waals surface area contributed by atoms with Crippen molar-refractivity contribution < 1.29 is 14.3 Å². The molecular formula is C14H18N2O3. The second-order valence-electron chi connectivity index (χ2n) is 4.20. The van der Waals surface area contributed by atoms with Gasteiger partial charge >= 0.3 is 0 Å². The van der Waals surface area contributed by atoms with Crippen LogP contribution in [0.2, 0.25) is 0 Å². The molecule has 0 atom stereocenters. The van der Waals surface area contributed by atoms with Crippen molar-refractivity contribution in [3.05, 3.63) is 41.6 Å². The molecule has 2 rings (SSSR count). The first kappa shape index (κ1) is 13.4. The maximum atomic E-state index is 9.60. The lowest BCUT2D eigenvalue weighted by Crippen LogP contribution is -2.12. The first-order chi connectivity index (χ1) is 9.19. The van der Waals surface area contributed by atoms with Crippen LogP contribution in [0.1, 0.15) is 24.1 Å². The van der Waals surface area contributed by atoms with Crippen molar-refractivity contribution in [1.82, 2.24) is 10.3 Å². The van der Waals surface area contributed by atoms with Gasteiger partial charge in [-0.05, 0) is 31.5 Å². The van der Waals surface area contributed by atoms with Crippen molar-refractivity contribution in [2.45, 2.75) is 26.9 Å². The van der Waals surface area contributed by atoms with Crippen LogP contribution in [0.15, 0.2) is 28.8 Å². The van der Waals surface area contributed by atoms with Crippen LogP contribution >= 0.6 is 0 Å². The third kappa shape index (κ3) is 3.72. The topological polar surface area (TPSA) is 67.5 Å². The van der Waals surface area contributed by atoms with Gasteiger partial charge < -0.3 is 19.6 Å². The molecule has 0 aliphatic carbocycles. The van der Waals surface area contributed by atoms with Crippen molar-refractivity contribution in [2.24, 2.45) is 0 Å². The Morgan fingerprint density at radius 3 is 2.89 bits per heavy atom. The number of aryl methyl sites for hydroxylation is 1. The van der Waals surface area contributed by atoms with Gasteiger partial charge in [0.25, 0.3) is 0 Å². The number of oxazole rings is 1. The molecule has 0 fully saturated rings. The van der Waals surface area contributed by atoms with E-state index in [1.165, 1.54) is 0 Å². The zero-order chi connectivity index (χ0) is 13.7. The van der Waals surface area contributed by atoms with Gasteiger partial charge in [0, 0.05) is 6.54 Å². The summed E-state index contributed by atoms with van der Waals surface area (Å²) in [6.07, 6.45) is 1.70. The summed E-state index contributed by atoms with van der Waals surface area (Å²) in [5.74, 6) is 2.14. The molecule has 5 nitrogen and oxygen atoms in total. The van der Waals surface area contributed by atoms with Crippen molar-refractivity contribution in [2.75, 3.05) is 6.61 Å². The summed E-state index contributed by atoms with van der Waals surface area (Å²) in [7, 11) is 0. The number of hydrogen-bond acceptors (Lipinski definition) is 5. The maximum absolute atomic E-state index is 9.60. The number of ether oxygens (including phenoxy) is 1. The number of nitrogens with zero attached hydrogens (tertiary/aromatic N) is 1. The van der Waals surface area contributed by atoms with Crippen molar-refractivity contribution in [3.63, 3.8) is 0 Å². The molecule has 1 aromatic carbocycles. The number of phenols is 1. The van der Waals surface area contributed by atoms with Gasteiger partial charge in [0.2, 0.25) is 5.89 Å². The fourth-order valence-electron chi connectivity index (χ4n) is 1.74. The predicted molar refractivity (Wildman–Crippen MR) is 71.1 cm³/mol. The number of benzene rings is 1. The van der Waals surface area contributed by atoms with Crippen LogP contribution in [-0.2, 0) is 13.1 Å². The van der Waals surface area contributed by atoms with E-state index in [4.69, 9.17) is 9.15 Å². The molecule has 19 heavy (non-hydrogen) atoms. The van der Waals surface area contributed by atoms with E-state index in [-0.39, 0.29) is 5.75 Å². The van der Waals surface area contributed by atoms with Crippen LogP contribution in [0.4, 0.5) is 0 Å². The average molecular weight is 262 g/mol. The summed E-state index contributed by atoms with van der Waals surface area (Å²) in [6, 6.07) is 5.32. The monoisotopic (exact) mass is 262 g/mol. The molecule has 2 N–H and O–H groups in total. The summed E-state index contributed by atoms with van der Waals surface area (Å²) in [6.45, 7) is 5.50. The number of hydrogen-bond donors (Lipinski definition) is 2.